The van der Waals surface area contributed by atoms with Crippen LogP contribution in [0.2, 0.25) is 0 Å². The lowest BCUT2D eigenvalue weighted by atomic mass is 10.1. The van der Waals surface area contributed by atoms with Gasteiger partial charge in [-0.3, -0.25) is 9.69 Å². The fraction of sp³-hybridized carbons (Fsp3) is 0.917. The highest BCUT2D eigenvalue weighted by Crippen LogP contribution is 2.11. The summed E-state index contributed by atoms with van der Waals surface area (Å²) in [5.74, 6) is -0.141. The molecule has 4 nitrogen and oxygen atoms in total. The highest BCUT2D eigenvalue weighted by atomic mass is 16.5. The molecule has 1 unspecified atom stereocenters. The second kappa shape index (κ2) is 7.63. The average Bonchev–Trinajstić information content (AvgIpc) is 2.35. The summed E-state index contributed by atoms with van der Waals surface area (Å²) in [4.78, 5) is 13.4. The third-order valence-corrected chi connectivity index (χ3v) is 3.19. The Morgan fingerprint density at radius 1 is 1.38 bits per heavy atom. The van der Waals surface area contributed by atoms with Gasteiger partial charge in [-0.15, -0.1) is 0 Å². The summed E-state index contributed by atoms with van der Waals surface area (Å²) >= 11 is 0. The Morgan fingerprint density at radius 2 is 2.06 bits per heavy atom. The molecule has 1 heterocycles. The maximum atomic E-state index is 10.9. The Morgan fingerprint density at radius 3 is 2.69 bits per heavy atom. The zero-order chi connectivity index (χ0) is 11.8. The Labute approximate surface area is 98.3 Å². The Kier molecular flexibility index (Phi) is 6.42. The van der Waals surface area contributed by atoms with Crippen molar-refractivity contribution in [2.45, 2.75) is 38.6 Å². The fourth-order valence-corrected chi connectivity index (χ4v) is 2.09. The van der Waals surface area contributed by atoms with E-state index in [9.17, 15) is 4.79 Å². The molecule has 1 saturated heterocycles. The number of piperidine rings is 1. The van der Waals surface area contributed by atoms with Crippen LogP contribution in [0.25, 0.3) is 0 Å². The van der Waals surface area contributed by atoms with Crippen molar-refractivity contribution in [2.24, 2.45) is 0 Å². The van der Waals surface area contributed by atoms with Crippen molar-refractivity contribution in [2.75, 3.05) is 33.3 Å². The number of nitrogens with zero attached hydrogens (tertiary/aromatic N) is 1. The van der Waals surface area contributed by atoms with Crippen LogP contribution in [0, 0.1) is 0 Å². The van der Waals surface area contributed by atoms with Crippen molar-refractivity contribution < 1.29 is 9.53 Å². The van der Waals surface area contributed by atoms with Crippen LogP contribution in [0.1, 0.15) is 32.6 Å². The third kappa shape index (κ3) is 4.94. The fourth-order valence-electron chi connectivity index (χ4n) is 2.09. The van der Waals surface area contributed by atoms with Gasteiger partial charge in [0.2, 0.25) is 0 Å². The Hall–Kier alpha value is -0.610. The minimum Gasteiger partial charge on any atom is -0.469 e. The van der Waals surface area contributed by atoms with Gasteiger partial charge in [-0.25, -0.2) is 0 Å². The second-order valence-corrected chi connectivity index (χ2v) is 4.48. The molecule has 0 spiro atoms. The summed E-state index contributed by atoms with van der Waals surface area (Å²) in [6.07, 6.45) is 4.49. The van der Waals surface area contributed by atoms with Gasteiger partial charge in [0.05, 0.1) is 13.5 Å². The molecular formula is C12H24N2O2. The van der Waals surface area contributed by atoms with E-state index in [1.165, 1.54) is 39.5 Å². The van der Waals surface area contributed by atoms with Crippen molar-refractivity contribution in [1.82, 2.24) is 10.2 Å². The van der Waals surface area contributed by atoms with Crippen LogP contribution >= 0.6 is 0 Å². The molecule has 0 bridgehead atoms. The molecule has 0 aromatic rings. The van der Waals surface area contributed by atoms with Crippen molar-refractivity contribution in [1.29, 1.82) is 0 Å². The predicted octanol–water partition coefficient (Wildman–Crippen LogP) is 1.01. The summed E-state index contributed by atoms with van der Waals surface area (Å²) in [7, 11) is 1.43. The van der Waals surface area contributed by atoms with Gasteiger partial charge in [0.15, 0.2) is 0 Å². The Balaban J connectivity index is 2.05. The number of hydrogen-bond acceptors (Lipinski definition) is 4. The van der Waals surface area contributed by atoms with Crippen LogP contribution in [-0.4, -0.2) is 50.2 Å². The SMILES string of the molecule is COC(=O)CCNCC(C)N1CCCCC1. The summed E-state index contributed by atoms with van der Waals surface area (Å²) in [5.41, 5.74) is 0. The van der Waals surface area contributed by atoms with Crippen molar-refractivity contribution in [3.05, 3.63) is 0 Å². The first-order valence-electron chi connectivity index (χ1n) is 6.25. The lowest BCUT2D eigenvalue weighted by Gasteiger charge is -2.32. The minimum absolute atomic E-state index is 0.141. The first-order chi connectivity index (χ1) is 7.74. The maximum absolute atomic E-state index is 10.9. The van der Waals surface area contributed by atoms with Crippen LogP contribution in [0.5, 0.6) is 0 Å². The van der Waals surface area contributed by atoms with E-state index in [2.05, 4.69) is 21.9 Å². The standard InChI is InChI=1S/C12H24N2O2/c1-11(14-8-4-3-5-9-14)10-13-7-6-12(15)16-2/h11,13H,3-10H2,1-2H3. The molecule has 0 aromatic heterocycles. The van der Waals surface area contributed by atoms with Crippen LogP contribution in [0.15, 0.2) is 0 Å². The van der Waals surface area contributed by atoms with Crippen LogP contribution in [0.4, 0.5) is 0 Å². The van der Waals surface area contributed by atoms with Crippen LogP contribution < -0.4 is 5.32 Å². The molecule has 1 aliphatic rings. The molecule has 1 fully saturated rings. The monoisotopic (exact) mass is 228 g/mol. The number of hydrogen-bond donors (Lipinski definition) is 1. The van der Waals surface area contributed by atoms with E-state index in [4.69, 9.17) is 0 Å². The normalized spacial score (nSPS) is 19.4. The summed E-state index contributed by atoms with van der Waals surface area (Å²) in [6.45, 7) is 6.36. The van der Waals surface area contributed by atoms with Crippen molar-refractivity contribution >= 4 is 5.97 Å². The molecular weight excluding hydrogens is 204 g/mol. The lowest BCUT2D eigenvalue weighted by Crippen LogP contribution is -2.43. The molecule has 0 aliphatic carbocycles. The van der Waals surface area contributed by atoms with Crippen LogP contribution in [0.3, 0.4) is 0 Å². The zero-order valence-corrected chi connectivity index (χ0v) is 10.5. The van der Waals surface area contributed by atoms with Crippen molar-refractivity contribution in [3.63, 3.8) is 0 Å². The van der Waals surface area contributed by atoms with E-state index in [0.29, 0.717) is 19.0 Å². The number of methoxy groups -OCH3 is 1. The molecule has 16 heavy (non-hydrogen) atoms. The minimum atomic E-state index is -0.141. The molecule has 4 heteroatoms. The molecule has 0 aromatic carbocycles. The lowest BCUT2D eigenvalue weighted by molar-refractivity contribution is -0.140. The second-order valence-electron chi connectivity index (χ2n) is 4.48. The first kappa shape index (κ1) is 13.5. The van der Waals surface area contributed by atoms with Gasteiger partial charge in [0, 0.05) is 19.1 Å². The van der Waals surface area contributed by atoms with Gasteiger partial charge in [-0.1, -0.05) is 6.42 Å². The molecule has 0 radical (unpaired) electrons. The number of carbonyl (C=O) groups excluding carboxylic acids is 1. The van der Waals surface area contributed by atoms with E-state index in [0.717, 1.165) is 6.54 Å². The molecule has 0 saturated carbocycles. The number of nitrogens with one attached hydrogen (secondary N) is 1. The van der Waals surface area contributed by atoms with E-state index in [-0.39, 0.29) is 5.97 Å². The highest BCUT2D eigenvalue weighted by molar-refractivity contribution is 5.69. The van der Waals surface area contributed by atoms with Gasteiger partial charge >= 0.3 is 5.97 Å². The molecule has 1 aliphatic heterocycles. The molecule has 1 atom stereocenters. The number of likely N-dealkylation sites (tertiary alicyclic amines) is 1. The van der Waals surface area contributed by atoms with Gasteiger partial charge in [0.1, 0.15) is 0 Å². The molecule has 0 amide bonds. The third-order valence-electron chi connectivity index (χ3n) is 3.19. The predicted molar refractivity (Wildman–Crippen MR) is 64.4 cm³/mol. The smallest absolute Gasteiger partial charge is 0.306 e. The van der Waals surface area contributed by atoms with Crippen LogP contribution in [-0.2, 0) is 9.53 Å². The highest BCUT2D eigenvalue weighted by Gasteiger charge is 2.15. The summed E-state index contributed by atoms with van der Waals surface area (Å²) in [6, 6.07) is 0.568. The number of rotatable bonds is 6. The van der Waals surface area contributed by atoms with Gasteiger partial charge in [-0.2, -0.15) is 0 Å². The van der Waals surface area contributed by atoms with E-state index in [1.807, 2.05) is 0 Å². The molecule has 1 N–H and O–H groups in total. The average molecular weight is 228 g/mol. The molecule has 1 rings (SSSR count). The number of ether oxygens (including phenoxy) is 1. The van der Waals surface area contributed by atoms with E-state index in [1.54, 1.807) is 0 Å². The number of esters is 1. The topological polar surface area (TPSA) is 41.6 Å². The largest absolute Gasteiger partial charge is 0.469 e. The summed E-state index contributed by atoms with van der Waals surface area (Å²) in [5, 5.41) is 3.31. The molecule has 94 valence electrons. The van der Waals surface area contributed by atoms with Gasteiger partial charge in [0.25, 0.3) is 0 Å². The van der Waals surface area contributed by atoms with Gasteiger partial charge in [-0.05, 0) is 32.9 Å². The first-order valence-corrected chi connectivity index (χ1v) is 6.25. The summed E-state index contributed by atoms with van der Waals surface area (Å²) < 4.78 is 4.58. The van der Waals surface area contributed by atoms with Crippen molar-refractivity contribution in [3.8, 4) is 0 Å². The van der Waals surface area contributed by atoms with E-state index >= 15 is 0 Å². The Bertz CT molecular complexity index is 203. The zero-order valence-electron chi connectivity index (χ0n) is 10.5. The number of carbonyl (C=O) groups is 1. The maximum Gasteiger partial charge on any atom is 0.306 e. The van der Waals surface area contributed by atoms with Gasteiger partial charge < -0.3 is 10.1 Å². The van der Waals surface area contributed by atoms with E-state index < -0.39 is 0 Å². The quantitative estimate of drug-likeness (QED) is 0.544.